The summed E-state index contributed by atoms with van der Waals surface area (Å²) in [5.41, 5.74) is 1.08. The van der Waals surface area contributed by atoms with E-state index in [2.05, 4.69) is 25.9 Å². The van der Waals surface area contributed by atoms with Crippen LogP contribution < -0.4 is 4.74 Å². The highest BCUT2D eigenvalue weighted by atomic mass is 79.9. The van der Waals surface area contributed by atoms with Crippen molar-refractivity contribution in [2.45, 2.75) is 13.8 Å². The number of aromatic nitrogens is 2. The Bertz CT molecular complexity index is 1060. The highest BCUT2D eigenvalue weighted by Gasteiger charge is 2.22. The van der Waals surface area contributed by atoms with Gasteiger partial charge in [-0.2, -0.15) is 4.98 Å². The molecule has 0 spiro atoms. The minimum atomic E-state index is -0.445. The molecule has 0 aliphatic heterocycles. The first-order valence-electron chi connectivity index (χ1n) is 7.77. The number of aryl methyl sites for hydroxylation is 2. The number of hydrogen-bond acceptors (Lipinski definition) is 8. The molecule has 1 aromatic carbocycles. The number of ether oxygens (including phenoxy) is 3. The number of rotatable bonds is 4. The van der Waals surface area contributed by atoms with E-state index in [1.54, 1.807) is 32.0 Å². The molecule has 0 saturated carbocycles. The van der Waals surface area contributed by atoms with Crippen LogP contribution >= 0.6 is 27.3 Å². The van der Waals surface area contributed by atoms with Gasteiger partial charge in [0, 0.05) is 0 Å². The maximum Gasteiger partial charge on any atom is 0.348 e. The van der Waals surface area contributed by atoms with Crippen LogP contribution in [0, 0.1) is 13.8 Å². The van der Waals surface area contributed by atoms with E-state index in [0.29, 0.717) is 48.1 Å². The molecule has 3 aromatic rings. The molecule has 140 valence electrons. The topological polar surface area (TPSA) is 87.6 Å². The van der Waals surface area contributed by atoms with Crippen molar-refractivity contribution in [1.29, 1.82) is 0 Å². The lowest BCUT2D eigenvalue weighted by molar-refractivity contribution is 0.0594. The van der Waals surface area contributed by atoms with Gasteiger partial charge in [0.15, 0.2) is 0 Å². The molecule has 0 N–H and O–H groups in total. The quantitative estimate of drug-likeness (QED) is 0.542. The zero-order chi connectivity index (χ0) is 19.7. The van der Waals surface area contributed by atoms with Crippen LogP contribution in [0.3, 0.4) is 0 Å². The molecule has 2 heterocycles. The molecule has 3 rings (SSSR count). The Morgan fingerprint density at radius 2 is 1.78 bits per heavy atom. The first-order chi connectivity index (χ1) is 12.8. The number of hydrogen-bond donors (Lipinski definition) is 0. The van der Waals surface area contributed by atoms with E-state index < -0.39 is 11.9 Å². The maximum atomic E-state index is 12.0. The highest BCUT2D eigenvalue weighted by molar-refractivity contribution is 9.10. The number of nitrogens with zero attached hydrogens (tertiary/aromatic N) is 2. The lowest BCUT2D eigenvalue weighted by Gasteiger charge is -2.10. The average Bonchev–Trinajstić information content (AvgIpc) is 2.98. The Morgan fingerprint density at radius 3 is 2.41 bits per heavy atom. The van der Waals surface area contributed by atoms with Crippen molar-refractivity contribution in [2.75, 3.05) is 14.2 Å². The molecule has 27 heavy (non-hydrogen) atoms. The number of carbonyl (C=O) groups excluding carboxylic acids is 2. The standard InChI is InChI=1S/C18H15BrN2O5S/c1-8-13-15(20-9(2)21-16(13)27-14(8)18(23)25-4)26-12-6-5-10(7-11(12)19)17(22)24-3/h5-7H,1-4H3. The fourth-order valence-electron chi connectivity index (χ4n) is 2.50. The van der Waals surface area contributed by atoms with Gasteiger partial charge in [-0.05, 0) is 53.5 Å². The van der Waals surface area contributed by atoms with Crippen LogP contribution in [0.4, 0.5) is 0 Å². The van der Waals surface area contributed by atoms with Gasteiger partial charge >= 0.3 is 11.9 Å². The maximum absolute atomic E-state index is 12.0. The van der Waals surface area contributed by atoms with Gasteiger partial charge < -0.3 is 14.2 Å². The monoisotopic (exact) mass is 450 g/mol. The summed E-state index contributed by atoms with van der Waals surface area (Å²) in [5, 5.41) is 0.648. The van der Waals surface area contributed by atoms with E-state index in [-0.39, 0.29) is 0 Å². The first-order valence-corrected chi connectivity index (χ1v) is 9.38. The van der Waals surface area contributed by atoms with Crippen molar-refractivity contribution >= 4 is 49.4 Å². The third-order valence-corrected chi connectivity index (χ3v) is 5.58. The Kier molecular flexibility index (Phi) is 5.43. The smallest absolute Gasteiger partial charge is 0.348 e. The van der Waals surface area contributed by atoms with Gasteiger partial charge in [0.1, 0.15) is 21.3 Å². The van der Waals surface area contributed by atoms with E-state index in [9.17, 15) is 9.59 Å². The van der Waals surface area contributed by atoms with E-state index in [0.717, 1.165) is 0 Å². The number of thiophene rings is 1. The molecular weight excluding hydrogens is 436 g/mol. The molecule has 0 bridgehead atoms. The van der Waals surface area contributed by atoms with E-state index in [1.165, 1.54) is 25.6 Å². The summed E-state index contributed by atoms with van der Waals surface area (Å²) < 4.78 is 16.1. The normalized spacial score (nSPS) is 10.7. The molecule has 9 heteroatoms. The Balaban J connectivity index is 2.08. The molecule has 0 saturated heterocycles. The number of fused-ring (bicyclic) bond motifs is 1. The number of esters is 2. The van der Waals surface area contributed by atoms with Crippen LogP contribution in [0.25, 0.3) is 10.2 Å². The molecule has 0 amide bonds. The fraction of sp³-hybridized carbons (Fsp3) is 0.222. The van der Waals surface area contributed by atoms with Crippen LogP contribution in [0.15, 0.2) is 22.7 Å². The van der Waals surface area contributed by atoms with Crippen molar-refractivity contribution < 1.29 is 23.8 Å². The van der Waals surface area contributed by atoms with Gasteiger partial charge in [-0.25, -0.2) is 14.6 Å². The predicted molar refractivity (Wildman–Crippen MR) is 104 cm³/mol. The second kappa shape index (κ2) is 7.61. The van der Waals surface area contributed by atoms with Crippen LogP contribution in [0.1, 0.15) is 31.4 Å². The molecule has 0 aliphatic carbocycles. The van der Waals surface area contributed by atoms with Crippen LogP contribution in [0.2, 0.25) is 0 Å². The van der Waals surface area contributed by atoms with E-state index in [1.807, 2.05) is 0 Å². The number of carbonyl (C=O) groups is 2. The van der Waals surface area contributed by atoms with Crippen LogP contribution in [-0.4, -0.2) is 36.1 Å². The van der Waals surface area contributed by atoms with Gasteiger partial charge in [0.25, 0.3) is 0 Å². The van der Waals surface area contributed by atoms with Gasteiger partial charge in [-0.3, -0.25) is 0 Å². The molecular formula is C18H15BrN2O5S. The SMILES string of the molecule is COC(=O)c1ccc(Oc2nc(C)nc3sc(C(=O)OC)c(C)c23)c(Br)c1. The van der Waals surface area contributed by atoms with Gasteiger partial charge in [-0.15, -0.1) is 11.3 Å². The first kappa shape index (κ1) is 19.2. The summed E-state index contributed by atoms with van der Waals surface area (Å²) in [6, 6.07) is 4.84. The Morgan fingerprint density at radius 1 is 1.07 bits per heavy atom. The van der Waals surface area contributed by atoms with Crippen molar-refractivity contribution in [3.8, 4) is 11.6 Å². The van der Waals surface area contributed by atoms with Crippen molar-refractivity contribution in [3.05, 3.63) is 44.5 Å². The molecule has 0 aliphatic rings. The molecule has 2 aromatic heterocycles. The van der Waals surface area contributed by atoms with Crippen molar-refractivity contribution in [3.63, 3.8) is 0 Å². The minimum Gasteiger partial charge on any atom is -0.465 e. The fourth-order valence-corrected chi connectivity index (χ4v) is 4.09. The zero-order valence-corrected chi connectivity index (χ0v) is 17.4. The van der Waals surface area contributed by atoms with Crippen LogP contribution in [0.5, 0.6) is 11.6 Å². The van der Waals surface area contributed by atoms with Crippen LogP contribution in [-0.2, 0) is 9.47 Å². The highest BCUT2D eigenvalue weighted by Crippen LogP contribution is 2.38. The van der Waals surface area contributed by atoms with Gasteiger partial charge in [-0.1, -0.05) is 0 Å². The summed E-state index contributed by atoms with van der Waals surface area (Å²) in [7, 11) is 2.65. The number of benzene rings is 1. The third kappa shape index (κ3) is 3.65. The van der Waals surface area contributed by atoms with Gasteiger partial charge in [0.05, 0.1) is 29.6 Å². The lowest BCUT2D eigenvalue weighted by atomic mass is 10.2. The largest absolute Gasteiger partial charge is 0.465 e. The number of methoxy groups -OCH3 is 2. The molecule has 7 nitrogen and oxygen atoms in total. The Labute approximate surface area is 167 Å². The summed E-state index contributed by atoms with van der Waals surface area (Å²) >= 11 is 4.63. The third-order valence-electron chi connectivity index (χ3n) is 3.80. The molecule has 0 fully saturated rings. The van der Waals surface area contributed by atoms with Crippen molar-refractivity contribution in [1.82, 2.24) is 9.97 Å². The minimum absolute atomic E-state index is 0.327. The van der Waals surface area contributed by atoms with Crippen molar-refractivity contribution in [2.24, 2.45) is 0 Å². The molecule has 0 radical (unpaired) electrons. The second-order valence-corrected chi connectivity index (χ2v) is 7.40. The molecule has 0 atom stereocenters. The lowest BCUT2D eigenvalue weighted by Crippen LogP contribution is -2.02. The predicted octanol–water partition coefficient (Wildman–Crippen LogP) is 4.44. The summed E-state index contributed by atoms with van der Waals surface area (Å²) in [6.07, 6.45) is 0. The molecule has 0 unspecified atom stereocenters. The average molecular weight is 451 g/mol. The summed E-state index contributed by atoms with van der Waals surface area (Å²) in [4.78, 5) is 33.5. The summed E-state index contributed by atoms with van der Waals surface area (Å²) in [6.45, 7) is 3.54. The summed E-state index contributed by atoms with van der Waals surface area (Å²) in [5.74, 6) is 0.430. The second-order valence-electron chi connectivity index (χ2n) is 5.54. The van der Waals surface area contributed by atoms with Gasteiger partial charge in [0.2, 0.25) is 5.88 Å². The van der Waals surface area contributed by atoms with E-state index >= 15 is 0 Å². The number of halogens is 1. The zero-order valence-electron chi connectivity index (χ0n) is 15.0. The van der Waals surface area contributed by atoms with E-state index in [4.69, 9.17) is 14.2 Å². The Hall–Kier alpha value is -2.52.